The van der Waals surface area contributed by atoms with Crippen molar-refractivity contribution in [3.8, 4) is 0 Å². The minimum Gasteiger partial charge on any atom is -0.399 e. The molecule has 0 saturated carbocycles. The van der Waals surface area contributed by atoms with Gasteiger partial charge in [0.25, 0.3) is 0 Å². The molecule has 4 nitrogen and oxygen atoms in total. The lowest BCUT2D eigenvalue weighted by Gasteiger charge is -1.89. The Morgan fingerprint density at radius 3 is 2.75 bits per heavy atom. The molecule has 0 atom stereocenters. The summed E-state index contributed by atoms with van der Waals surface area (Å²) in [6.07, 6.45) is 3.61. The quantitative estimate of drug-likeness (QED) is 0.571. The van der Waals surface area contributed by atoms with Gasteiger partial charge in [-0.1, -0.05) is 17.9 Å². The van der Waals surface area contributed by atoms with Crippen molar-refractivity contribution in [2.75, 3.05) is 0 Å². The van der Waals surface area contributed by atoms with E-state index in [0.717, 1.165) is 5.35 Å². The van der Waals surface area contributed by atoms with Gasteiger partial charge in [0.1, 0.15) is 5.35 Å². The van der Waals surface area contributed by atoms with Gasteiger partial charge in [0.05, 0.1) is 5.35 Å². The van der Waals surface area contributed by atoms with Crippen LogP contribution in [0.15, 0.2) is 11.8 Å². The lowest BCUT2D eigenvalue weighted by Crippen LogP contribution is -2.28. The molecule has 64 valence electrons. The van der Waals surface area contributed by atoms with Gasteiger partial charge >= 0.3 is 0 Å². The van der Waals surface area contributed by atoms with E-state index < -0.39 is 0 Å². The molecular formula is C8H12N4. The molecule has 1 heterocycles. The maximum atomic E-state index is 5.61. The largest absolute Gasteiger partial charge is 0.399 e. The van der Waals surface area contributed by atoms with Gasteiger partial charge in [0.2, 0.25) is 0 Å². The summed E-state index contributed by atoms with van der Waals surface area (Å²) in [5, 5.41) is 9.06. The summed E-state index contributed by atoms with van der Waals surface area (Å²) in [7, 11) is 1.80. The fraction of sp³-hybridized carbons (Fsp3) is 0.250. The highest BCUT2D eigenvalue weighted by Crippen LogP contribution is 1.81. The zero-order valence-electron chi connectivity index (χ0n) is 7.28. The van der Waals surface area contributed by atoms with E-state index in [4.69, 9.17) is 5.73 Å². The lowest BCUT2D eigenvalue weighted by molar-refractivity contribution is 0.698. The number of aromatic nitrogens is 3. The third-order valence-corrected chi connectivity index (χ3v) is 1.58. The topological polar surface area (TPSA) is 56.7 Å². The highest BCUT2D eigenvalue weighted by molar-refractivity contribution is 5.42. The van der Waals surface area contributed by atoms with E-state index in [9.17, 15) is 0 Å². The summed E-state index contributed by atoms with van der Waals surface area (Å²) in [6.45, 7) is 5.59. The molecule has 0 aliphatic heterocycles. The molecule has 0 aliphatic carbocycles. The van der Waals surface area contributed by atoms with E-state index in [1.54, 1.807) is 17.8 Å². The van der Waals surface area contributed by atoms with Crippen molar-refractivity contribution in [2.45, 2.75) is 6.92 Å². The maximum Gasteiger partial charge on any atom is 0.106 e. The van der Waals surface area contributed by atoms with E-state index in [1.807, 2.05) is 13.0 Å². The summed E-state index contributed by atoms with van der Waals surface area (Å²) in [5.41, 5.74) is 6.30. The van der Waals surface area contributed by atoms with Crippen LogP contribution in [-0.4, -0.2) is 15.0 Å². The summed E-state index contributed by atoms with van der Waals surface area (Å²) in [4.78, 5) is 0. The fourth-order valence-corrected chi connectivity index (χ4v) is 0.825. The molecular weight excluding hydrogens is 152 g/mol. The molecule has 0 radical (unpaired) electrons. The Hall–Kier alpha value is -1.58. The van der Waals surface area contributed by atoms with Gasteiger partial charge in [-0.2, -0.15) is 0 Å². The van der Waals surface area contributed by atoms with Crippen molar-refractivity contribution in [1.82, 2.24) is 15.0 Å². The molecule has 4 heteroatoms. The first-order chi connectivity index (χ1) is 5.65. The van der Waals surface area contributed by atoms with Crippen LogP contribution in [0.25, 0.3) is 12.7 Å². The van der Waals surface area contributed by atoms with Gasteiger partial charge in [-0.15, -0.1) is 5.10 Å². The van der Waals surface area contributed by atoms with Crippen molar-refractivity contribution >= 4 is 12.7 Å². The number of rotatable bonds is 1. The molecule has 0 unspecified atom stereocenters. The number of aryl methyl sites for hydroxylation is 1. The second kappa shape index (κ2) is 3.21. The van der Waals surface area contributed by atoms with Crippen LogP contribution in [0.2, 0.25) is 0 Å². The van der Waals surface area contributed by atoms with Crippen LogP contribution in [0.1, 0.15) is 6.92 Å². The van der Waals surface area contributed by atoms with Crippen molar-refractivity contribution in [2.24, 2.45) is 12.8 Å². The van der Waals surface area contributed by atoms with Crippen LogP contribution >= 0.6 is 0 Å². The van der Waals surface area contributed by atoms with Crippen molar-refractivity contribution in [3.05, 3.63) is 22.5 Å². The van der Waals surface area contributed by atoms with E-state index in [0.29, 0.717) is 11.0 Å². The zero-order chi connectivity index (χ0) is 9.14. The van der Waals surface area contributed by atoms with Crippen LogP contribution < -0.4 is 16.4 Å². The van der Waals surface area contributed by atoms with Gasteiger partial charge in [-0.05, 0) is 13.0 Å². The molecule has 1 rings (SSSR count). The third-order valence-electron chi connectivity index (χ3n) is 1.58. The molecule has 0 aromatic carbocycles. The van der Waals surface area contributed by atoms with Gasteiger partial charge < -0.3 is 5.73 Å². The first kappa shape index (κ1) is 8.52. The minimum absolute atomic E-state index is 0.641. The predicted octanol–water partition coefficient (Wildman–Crippen LogP) is -1.13. The van der Waals surface area contributed by atoms with Crippen molar-refractivity contribution in [3.63, 3.8) is 0 Å². The van der Waals surface area contributed by atoms with Crippen LogP contribution in [0, 0.1) is 0 Å². The molecule has 0 saturated heterocycles. The van der Waals surface area contributed by atoms with Gasteiger partial charge in [-0.3, -0.25) is 0 Å². The summed E-state index contributed by atoms with van der Waals surface area (Å²) in [6, 6.07) is 0. The second-order valence-corrected chi connectivity index (χ2v) is 2.48. The molecule has 0 spiro atoms. The number of nitrogens with two attached hydrogens (primary N) is 1. The van der Waals surface area contributed by atoms with Crippen LogP contribution in [0.5, 0.6) is 0 Å². The first-order valence-corrected chi connectivity index (χ1v) is 3.63. The van der Waals surface area contributed by atoms with E-state index in [2.05, 4.69) is 16.9 Å². The molecule has 0 fully saturated rings. The third kappa shape index (κ3) is 1.53. The molecule has 1 aromatic heterocycles. The normalized spacial score (nSPS) is 13.8. The second-order valence-electron chi connectivity index (χ2n) is 2.48. The summed E-state index contributed by atoms with van der Waals surface area (Å²) < 4.78 is 1.64. The average molecular weight is 164 g/mol. The summed E-state index contributed by atoms with van der Waals surface area (Å²) in [5.74, 6) is 0. The van der Waals surface area contributed by atoms with Crippen molar-refractivity contribution in [1.29, 1.82) is 0 Å². The molecule has 0 bridgehead atoms. The summed E-state index contributed by atoms with van der Waals surface area (Å²) >= 11 is 0. The highest BCUT2D eigenvalue weighted by Gasteiger charge is 1.91. The molecule has 12 heavy (non-hydrogen) atoms. The van der Waals surface area contributed by atoms with Crippen molar-refractivity contribution < 1.29 is 0 Å². The van der Waals surface area contributed by atoms with Gasteiger partial charge in [0.15, 0.2) is 0 Å². The Labute approximate surface area is 70.7 Å². The molecule has 1 aromatic rings. The smallest absolute Gasteiger partial charge is 0.106 e. The minimum atomic E-state index is 0.641. The predicted molar refractivity (Wildman–Crippen MR) is 48.2 cm³/mol. The molecule has 0 amide bonds. The van der Waals surface area contributed by atoms with Crippen LogP contribution in [0.4, 0.5) is 0 Å². The van der Waals surface area contributed by atoms with E-state index in [-0.39, 0.29) is 0 Å². The number of nitrogens with zero attached hydrogens (tertiary/aromatic N) is 3. The fourth-order valence-electron chi connectivity index (χ4n) is 0.825. The van der Waals surface area contributed by atoms with Crippen LogP contribution in [-0.2, 0) is 7.05 Å². The standard InChI is InChI=1S/C8H12N4/c1-4-7(9)5-8-6(2)10-11-12(8)3/h4-5H,2,9H2,1,3H3/b7-4+,8-5+. The molecule has 2 N–H and O–H groups in total. The number of hydrogen-bond acceptors (Lipinski definition) is 3. The Morgan fingerprint density at radius 1 is 1.67 bits per heavy atom. The van der Waals surface area contributed by atoms with E-state index in [1.165, 1.54) is 0 Å². The number of allylic oxidation sites excluding steroid dienone is 2. The Balaban J connectivity index is 3.36. The number of hydrogen-bond donors (Lipinski definition) is 1. The first-order valence-electron chi connectivity index (χ1n) is 3.63. The van der Waals surface area contributed by atoms with E-state index >= 15 is 0 Å². The molecule has 0 aliphatic rings. The van der Waals surface area contributed by atoms with Crippen LogP contribution in [0.3, 0.4) is 0 Å². The SMILES string of the molecule is C=c1nnn(C)/c1=C/C(N)=C\C. The zero-order valence-corrected chi connectivity index (χ0v) is 7.28. The maximum absolute atomic E-state index is 5.61. The average Bonchev–Trinajstić information content (AvgIpc) is 2.35. The highest BCUT2D eigenvalue weighted by atomic mass is 15.4. The van der Waals surface area contributed by atoms with Gasteiger partial charge in [-0.25, -0.2) is 4.68 Å². The Bertz CT molecular complexity index is 399. The Morgan fingerprint density at radius 2 is 2.33 bits per heavy atom. The lowest BCUT2D eigenvalue weighted by atomic mass is 10.4. The Kier molecular flexibility index (Phi) is 2.28. The monoisotopic (exact) mass is 164 g/mol. The van der Waals surface area contributed by atoms with Gasteiger partial charge in [0, 0.05) is 12.7 Å².